The second kappa shape index (κ2) is 9.47. The number of carbonyl (C=O) groups excluding carboxylic acids is 1. The number of benzene rings is 2. The van der Waals surface area contributed by atoms with Crippen LogP contribution in [-0.2, 0) is 0 Å². The van der Waals surface area contributed by atoms with Crippen LogP contribution in [0.15, 0.2) is 72.2 Å². The molecule has 2 aromatic carbocycles. The molecule has 2 N–H and O–H groups in total. The van der Waals surface area contributed by atoms with E-state index in [9.17, 15) is 19.3 Å². The van der Waals surface area contributed by atoms with Gasteiger partial charge in [0.05, 0.1) is 22.4 Å². The van der Waals surface area contributed by atoms with E-state index in [1.165, 1.54) is 59.7 Å². The van der Waals surface area contributed by atoms with Crippen molar-refractivity contribution in [1.29, 1.82) is 0 Å². The average Bonchev–Trinajstić information content (AvgIpc) is 3.36. The van der Waals surface area contributed by atoms with Gasteiger partial charge in [-0.15, -0.1) is 5.10 Å². The summed E-state index contributed by atoms with van der Waals surface area (Å²) >= 11 is 0. The third-order valence-corrected chi connectivity index (χ3v) is 4.34. The highest BCUT2D eigenvalue weighted by Gasteiger charge is 2.16. The second-order valence-corrected chi connectivity index (χ2v) is 6.53. The normalized spacial score (nSPS) is 10.9. The number of hydrazone groups is 1. The van der Waals surface area contributed by atoms with Crippen molar-refractivity contribution in [3.8, 4) is 17.3 Å². The van der Waals surface area contributed by atoms with Gasteiger partial charge in [-0.1, -0.05) is 12.1 Å². The summed E-state index contributed by atoms with van der Waals surface area (Å²) in [5.74, 6) is -0.354. The molecular weight excluding hydrogens is 449 g/mol. The van der Waals surface area contributed by atoms with E-state index in [1.54, 1.807) is 6.07 Å². The van der Waals surface area contributed by atoms with Gasteiger partial charge in [-0.05, 0) is 34.7 Å². The van der Waals surface area contributed by atoms with E-state index in [2.05, 4.69) is 25.6 Å². The Morgan fingerprint density at radius 3 is 2.76 bits per heavy atom. The van der Waals surface area contributed by atoms with Crippen molar-refractivity contribution in [2.75, 3.05) is 5.01 Å². The van der Waals surface area contributed by atoms with Crippen molar-refractivity contribution in [3.05, 3.63) is 88.6 Å². The minimum Gasteiger partial charge on any atom is -0.454 e. The molecule has 0 fully saturated rings. The standard InChI is InChI=1S/C20H14FN9O4/c21-16-9-14(29(20(22)31)25-11-13-3-1-2-4-17(13)30(32)33)5-6-18(16)34-15-7-8-23-19(10-15)28-12-24-26-27-28/h1-12H,(H2,22,31)/b25-11+. The average molecular weight is 463 g/mol. The van der Waals surface area contributed by atoms with Crippen LogP contribution in [0.1, 0.15) is 5.56 Å². The molecule has 170 valence electrons. The number of aromatic nitrogens is 5. The van der Waals surface area contributed by atoms with Crippen LogP contribution in [0.25, 0.3) is 5.82 Å². The number of pyridine rings is 1. The van der Waals surface area contributed by atoms with Crippen LogP contribution in [0.2, 0.25) is 0 Å². The van der Waals surface area contributed by atoms with E-state index in [1.807, 2.05) is 0 Å². The van der Waals surface area contributed by atoms with Gasteiger partial charge in [-0.2, -0.15) is 14.8 Å². The first-order valence-corrected chi connectivity index (χ1v) is 9.46. The molecule has 0 unspecified atom stereocenters. The molecule has 0 bridgehead atoms. The van der Waals surface area contributed by atoms with Gasteiger partial charge in [0.25, 0.3) is 5.69 Å². The monoisotopic (exact) mass is 463 g/mol. The Balaban J connectivity index is 1.57. The number of para-hydroxylation sites is 1. The van der Waals surface area contributed by atoms with E-state index in [0.29, 0.717) is 10.8 Å². The SMILES string of the molecule is NC(=O)N(/N=C/c1ccccc1[N+](=O)[O-])c1ccc(Oc2ccnc(-n3cnnn3)c2)c(F)c1. The van der Waals surface area contributed by atoms with Crippen molar-refractivity contribution in [2.24, 2.45) is 10.8 Å². The number of ether oxygens (including phenoxy) is 1. The number of nitrogens with zero attached hydrogens (tertiary/aromatic N) is 8. The first-order chi connectivity index (χ1) is 16.4. The van der Waals surface area contributed by atoms with Crippen LogP contribution in [0, 0.1) is 15.9 Å². The van der Waals surface area contributed by atoms with Crippen LogP contribution in [-0.4, -0.2) is 42.4 Å². The quantitative estimate of drug-likeness (QED) is 0.248. The van der Waals surface area contributed by atoms with Gasteiger partial charge in [0.2, 0.25) is 0 Å². The molecule has 0 saturated heterocycles. The van der Waals surface area contributed by atoms with Crippen molar-refractivity contribution >= 4 is 23.6 Å². The Bertz CT molecular complexity index is 1380. The summed E-state index contributed by atoms with van der Waals surface area (Å²) in [6.07, 6.45) is 3.86. The summed E-state index contributed by atoms with van der Waals surface area (Å²) in [5, 5.41) is 26.5. The maximum Gasteiger partial charge on any atom is 0.340 e. The first-order valence-electron chi connectivity index (χ1n) is 9.46. The summed E-state index contributed by atoms with van der Waals surface area (Å²) in [6, 6.07) is 11.4. The number of tetrazole rings is 1. The van der Waals surface area contributed by atoms with E-state index in [-0.39, 0.29) is 28.4 Å². The lowest BCUT2D eigenvalue weighted by Gasteiger charge is -2.15. The molecule has 14 heteroatoms. The number of hydrogen-bond donors (Lipinski definition) is 1. The fourth-order valence-electron chi connectivity index (χ4n) is 2.82. The number of hydrogen-bond acceptors (Lipinski definition) is 9. The highest BCUT2D eigenvalue weighted by molar-refractivity contribution is 5.94. The largest absolute Gasteiger partial charge is 0.454 e. The highest BCUT2D eigenvalue weighted by atomic mass is 19.1. The molecule has 0 radical (unpaired) electrons. The van der Waals surface area contributed by atoms with Gasteiger partial charge in [-0.25, -0.2) is 14.2 Å². The number of carbonyl (C=O) groups is 1. The number of primary amides is 1. The molecule has 4 aromatic rings. The molecule has 34 heavy (non-hydrogen) atoms. The van der Waals surface area contributed by atoms with Gasteiger partial charge >= 0.3 is 6.03 Å². The Labute approximate surface area is 190 Å². The molecule has 2 aromatic heterocycles. The van der Waals surface area contributed by atoms with Crippen LogP contribution < -0.4 is 15.5 Å². The number of nitro groups is 1. The number of nitrogens with two attached hydrogens (primary N) is 1. The maximum atomic E-state index is 14.8. The fourth-order valence-corrected chi connectivity index (χ4v) is 2.82. The lowest BCUT2D eigenvalue weighted by molar-refractivity contribution is -0.385. The Morgan fingerprint density at radius 2 is 2.06 bits per heavy atom. The number of nitro benzene ring substituents is 1. The number of halogens is 1. The minimum absolute atomic E-state index is 0.0173. The van der Waals surface area contributed by atoms with Gasteiger partial charge in [-0.3, -0.25) is 10.1 Å². The zero-order chi connectivity index (χ0) is 24.1. The number of urea groups is 1. The Hall–Kier alpha value is -5.27. The van der Waals surface area contributed by atoms with Crippen LogP contribution in [0.4, 0.5) is 20.6 Å². The number of rotatable bonds is 7. The van der Waals surface area contributed by atoms with Gasteiger partial charge in [0.1, 0.15) is 12.1 Å². The summed E-state index contributed by atoms with van der Waals surface area (Å²) in [7, 11) is 0. The third kappa shape index (κ3) is 4.80. The first kappa shape index (κ1) is 21.9. The van der Waals surface area contributed by atoms with Gasteiger partial charge in [0, 0.05) is 24.4 Å². The smallest absolute Gasteiger partial charge is 0.340 e. The molecule has 0 spiro atoms. The molecule has 13 nitrogen and oxygen atoms in total. The molecule has 0 aliphatic heterocycles. The van der Waals surface area contributed by atoms with E-state index >= 15 is 0 Å². The van der Waals surface area contributed by atoms with Crippen LogP contribution in [0.3, 0.4) is 0 Å². The zero-order valence-electron chi connectivity index (χ0n) is 17.1. The topological polar surface area (TPSA) is 168 Å². The van der Waals surface area contributed by atoms with Crippen LogP contribution >= 0.6 is 0 Å². The van der Waals surface area contributed by atoms with Crippen LogP contribution in [0.5, 0.6) is 11.5 Å². The molecule has 4 rings (SSSR count). The molecule has 2 amide bonds. The zero-order valence-corrected chi connectivity index (χ0v) is 17.1. The van der Waals surface area contributed by atoms with E-state index in [4.69, 9.17) is 10.5 Å². The third-order valence-electron chi connectivity index (χ3n) is 4.34. The summed E-state index contributed by atoms with van der Waals surface area (Å²) in [6.45, 7) is 0. The molecule has 2 heterocycles. The molecule has 0 saturated carbocycles. The molecule has 0 atom stereocenters. The minimum atomic E-state index is -1.02. The fraction of sp³-hybridized carbons (Fsp3) is 0. The summed E-state index contributed by atoms with van der Waals surface area (Å²) in [5.41, 5.74) is 5.26. The molecule has 0 aliphatic carbocycles. The molecular formula is C20H14FN9O4. The number of amides is 2. The predicted octanol–water partition coefficient (Wildman–Crippen LogP) is 2.82. The summed E-state index contributed by atoms with van der Waals surface area (Å²) < 4.78 is 21.6. The Morgan fingerprint density at radius 1 is 1.24 bits per heavy atom. The Kier molecular flexibility index (Phi) is 6.11. The lowest BCUT2D eigenvalue weighted by atomic mass is 10.2. The molecule has 0 aliphatic rings. The second-order valence-electron chi connectivity index (χ2n) is 6.53. The van der Waals surface area contributed by atoms with E-state index < -0.39 is 16.8 Å². The number of anilines is 1. The maximum absolute atomic E-state index is 14.8. The van der Waals surface area contributed by atoms with Crippen molar-refractivity contribution in [1.82, 2.24) is 25.2 Å². The van der Waals surface area contributed by atoms with E-state index in [0.717, 1.165) is 12.3 Å². The highest BCUT2D eigenvalue weighted by Crippen LogP contribution is 2.29. The predicted molar refractivity (Wildman–Crippen MR) is 116 cm³/mol. The van der Waals surface area contributed by atoms with Crippen molar-refractivity contribution < 1.29 is 18.8 Å². The van der Waals surface area contributed by atoms with Crippen molar-refractivity contribution in [3.63, 3.8) is 0 Å². The van der Waals surface area contributed by atoms with Gasteiger partial charge < -0.3 is 10.5 Å². The summed E-state index contributed by atoms with van der Waals surface area (Å²) in [4.78, 5) is 26.6. The van der Waals surface area contributed by atoms with Gasteiger partial charge in [0.15, 0.2) is 17.4 Å². The lowest BCUT2D eigenvalue weighted by Crippen LogP contribution is -2.31. The van der Waals surface area contributed by atoms with Crippen molar-refractivity contribution in [2.45, 2.75) is 0 Å².